The van der Waals surface area contributed by atoms with Crippen molar-refractivity contribution >= 4 is 5.91 Å². The maximum Gasteiger partial charge on any atom is 0.287 e. The number of nitrogens with two attached hydrogens (primary N) is 1. The Balaban J connectivity index is 1.84. The molecule has 7 nitrogen and oxygen atoms in total. The van der Waals surface area contributed by atoms with Gasteiger partial charge in [-0.2, -0.15) is 0 Å². The quantitative estimate of drug-likeness (QED) is 0.454. The van der Waals surface area contributed by atoms with Crippen LogP contribution in [0.3, 0.4) is 0 Å². The molecule has 1 aromatic carbocycles. The Bertz CT molecular complexity index is 554. The lowest BCUT2D eigenvalue weighted by Gasteiger charge is -2.05. The summed E-state index contributed by atoms with van der Waals surface area (Å²) in [5.74, 6) is 4.70. The largest absolute Gasteiger partial charge is 0.492 e. The lowest BCUT2D eigenvalue weighted by Crippen LogP contribution is -2.30. The molecule has 0 saturated carbocycles. The monoisotopic (exact) mass is 265 g/mol. The fourth-order valence-corrected chi connectivity index (χ4v) is 1.37. The van der Waals surface area contributed by atoms with Crippen molar-refractivity contribution in [3.63, 3.8) is 0 Å². The zero-order valence-corrected chi connectivity index (χ0v) is 9.91. The van der Waals surface area contributed by atoms with Crippen molar-refractivity contribution in [1.82, 2.24) is 20.4 Å². The smallest absolute Gasteiger partial charge is 0.287 e. The number of rotatable bonds is 5. The molecule has 100 valence electrons. The van der Waals surface area contributed by atoms with Crippen LogP contribution in [-0.4, -0.2) is 27.5 Å². The number of hydrazine groups is 1. The maximum atomic E-state index is 12.7. The first-order valence-corrected chi connectivity index (χ1v) is 5.48. The van der Waals surface area contributed by atoms with E-state index in [0.29, 0.717) is 18.9 Å². The van der Waals surface area contributed by atoms with E-state index in [-0.39, 0.29) is 11.5 Å². The van der Waals surface area contributed by atoms with Crippen LogP contribution in [0.2, 0.25) is 0 Å². The Morgan fingerprint density at radius 3 is 2.84 bits per heavy atom. The number of nitrogens with zero attached hydrogens (tertiary/aromatic N) is 3. The molecule has 0 aliphatic rings. The van der Waals surface area contributed by atoms with E-state index in [4.69, 9.17) is 10.6 Å². The molecule has 8 heteroatoms. The van der Waals surface area contributed by atoms with E-state index in [1.807, 2.05) is 5.43 Å². The summed E-state index contributed by atoms with van der Waals surface area (Å²) in [5.41, 5.74) is 2.09. The standard InChI is InChI=1S/C11H12FN5O2/c12-8-1-3-9(4-2-8)19-6-5-17-7-10(15-16-17)11(18)14-13/h1-4,7H,5-6,13H2,(H,14,18). The molecule has 1 aromatic heterocycles. The summed E-state index contributed by atoms with van der Waals surface area (Å²) >= 11 is 0. The van der Waals surface area contributed by atoms with Crippen LogP contribution in [0, 0.1) is 5.82 Å². The Morgan fingerprint density at radius 2 is 2.16 bits per heavy atom. The second kappa shape index (κ2) is 5.91. The number of nitrogens with one attached hydrogen (secondary N) is 1. The molecule has 1 heterocycles. The summed E-state index contributed by atoms with van der Waals surface area (Å²) in [6.07, 6.45) is 1.45. The van der Waals surface area contributed by atoms with Crippen molar-refractivity contribution in [1.29, 1.82) is 0 Å². The van der Waals surface area contributed by atoms with E-state index in [1.54, 1.807) is 0 Å². The molecule has 0 saturated heterocycles. The molecule has 19 heavy (non-hydrogen) atoms. The minimum Gasteiger partial charge on any atom is -0.492 e. The highest BCUT2D eigenvalue weighted by Crippen LogP contribution is 2.10. The van der Waals surface area contributed by atoms with Crippen molar-refractivity contribution in [3.05, 3.63) is 42.0 Å². The molecule has 0 atom stereocenters. The number of carbonyl (C=O) groups excluding carboxylic acids is 1. The molecule has 0 aliphatic carbocycles. The normalized spacial score (nSPS) is 10.2. The zero-order valence-electron chi connectivity index (χ0n) is 9.91. The maximum absolute atomic E-state index is 12.7. The molecular formula is C11H12FN5O2. The topological polar surface area (TPSA) is 95.1 Å². The third-order valence-corrected chi connectivity index (χ3v) is 2.31. The SMILES string of the molecule is NNC(=O)c1cn(CCOc2ccc(F)cc2)nn1. The van der Waals surface area contributed by atoms with Crippen LogP contribution in [0.1, 0.15) is 10.5 Å². The molecule has 0 bridgehead atoms. The zero-order chi connectivity index (χ0) is 13.7. The Labute approximate surface area is 108 Å². The van der Waals surface area contributed by atoms with E-state index in [0.717, 1.165) is 0 Å². The summed E-state index contributed by atoms with van der Waals surface area (Å²) in [4.78, 5) is 11.1. The predicted molar refractivity (Wildman–Crippen MR) is 63.6 cm³/mol. The number of nitrogen functional groups attached to an aromatic ring is 1. The number of hydrogen-bond acceptors (Lipinski definition) is 5. The first-order valence-electron chi connectivity index (χ1n) is 5.48. The molecule has 1 amide bonds. The molecule has 2 rings (SSSR count). The van der Waals surface area contributed by atoms with Crippen LogP contribution in [0.4, 0.5) is 4.39 Å². The third-order valence-electron chi connectivity index (χ3n) is 2.31. The summed E-state index contributed by atoms with van der Waals surface area (Å²) in [7, 11) is 0. The van der Waals surface area contributed by atoms with Gasteiger partial charge in [0, 0.05) is 0 Å². The van der Waals surface area contributed by atoms with Gasteiger partial charge in [-0.15, -0.1) is 5.10 Å². The minimum atomic E-state index is -0.509. The van der Waals surface area contributed by atoms with E-state index in [9.17, 15) is 9.18 Å². The lowest BCUT2D eigenvalue weighted by molar-refractivity contribution is 0.0948. The van der Waals surface area contributed by atoms with E-state index < -0.39 is 5.91 Å². The van der Waals surface area contributed by atoms with Crippen LogP contribution in [0.15, 0.2) is 30.5 Å². The molecule has 0 unspecified atom stereocenters. The molecule has 0 aliphatic heterocycles. The summed E-state index contributed by atoms with van der Waals surface area (Å²) < 4.78 is 19.5. The minimum absolute atomic E-state index is 0.129. The van der Waals surface area contributed by atoms with Gasteiger partial charge < -0.3 is 4.74 Å². The van der Waals surface area contributed by atoms with Gasteiger partial charge in [-0.25, -0.2) is 14.9 Å². The highest BCUT2D eigenvalue weighted by molar-refractivity contribution is 5.91. The average molecular weight is 265 g/mol. The predicted octanol–water partition coefficient (Wildman–Crippen LogP) is 0.0997. The fraction of sp³-hybridized carbons (Fsp3) is 0.182. The van der Waals surface area contributed by atoms with Crippen molar-refractivity contribution in [2.24, 2.45) is 5.84 Å². The number of benzene rings is 1. The van der Waals surface area contributed by atoms with Gasteiger partial charge in [-0.1, -0.05) is 5.21 Å². The van der Waals surface area contributed by atoms with Gasteiger partial charge in [0.1, 0.15) is 18.2 Å². The molecule has 0 fully saturated rings. The van der Waals surface area contributed by atoms with Crippen molar-refractivity contribution in [2.75, 3.05) is 6.61 Å². The number of hydrogen-bond donors (Lipinski definition) is 2. The highest BCUT2D eigenvalue weighted by Gasteiger charge is 2.08. The van der Waals surface area contributed by atoms with Crippen LogP contribution in [-0.2, 0) is 6.54 Å². The van der Waals surface area contributed by atoms with Gasteiger partial charge in [-0.05, 0) is 24.3 Å². The van der Waals surface area contributed by atoms with Crippen LogP contribution in [0.5, 0.6) is 5.75 Å². The Hall–Kier alpha value is -2.48. The van der Waals surface area contributed by atoms with Gasteiger partial charge in [0.05, 0.1) is 12.7 Å². The van der Waals surface area contributed by atoms with Crippen molar-refractivity contribution in [3.8, 4) is 5.75 Å². The molecular weight excluding hydrogens is 253 g/mol. The van der Waals surface area contributed by atoms with Crippen molar-refractivity contribution in [2.45, 2.75) is 6.54 Å². The number of halogens is 1. The first kappa shape index (κ1) is 13.0. The fourth-order valence-electron chi connectivity index (χ4n) is 1.37. The Morgan fingerprint density at radius 1 is 1.42 bits per heavy atom. The lowest BCUT2D eigenvalue weighted by atomic mass is 10.3. The van der Waals surface area contributed by atoms with Crippen LogP contribution < -0.4 is 16.0 Å². The summed E-state index contributed by atoms with van der Waals surface area (Å²) in [6, 6.07) is 5.69. The number of carbonyl (C=O) groups is 1. The number of aromatic nitrogens is 3. The molecule has 0 radical (unpaired) electrons. The summed E-state index contributed by atoms with van der Waals surface area (Å²) in [6.45, 7) is 0.723. The summed E-state index contributed by atoms with van der Waals surface area (Å²) in [5, 5.41) is 7.38. The average Bonchev–Trinajstić information content (AvgIpc) is 2.89. The Kier molecular flexibility index (Phi) is 4.04. The number of amides is 1. The van der Waals surface area contributed by atoms with E-state index in [2.05, 4.69) is 10.3 Å². The van der Waals surface area contributed by atoms with Gasteiger partial charge in [0.15, 0.2) is 5.69 Å². The van der Waals surface area contributed by atoms with Gasteiger partial charge in [0.2, 0.25) is 0 Å². The number of ether oxygens (including phenoxy) is 1. The second-order valence-electron chi connectivity index (χ2n) is 3.64. The second-order valence-corrected chi connectivity index (χ2v) is 3.64. The molecule has 2 aromatic rings. The molecule has 0 spiro atoms. The van der Waals surface area contributed by atoms with Crippen LogP contribution in [0.25, 0.3) is 0 Å². The first-order chi connectivity index (χ1) is 9.19. The van der Waals surface area contributed by atoms with Crippen LogP contribution >= 0.6 is 0 Å². The highest BCUT2D eigenvalue weighted by atomic mass is 19.1. The van der Waals surface area contributed by atoms with Crippen molar-refractivity contribution < 1.29 is 13.9 Å². The third kappa shape index (κ3) is 3.49. The van der Waals surface area contributed by atoms with Gasteiger partial charge >= 0.3 is 0 Å². The molecule has 3 N–H and O–H groups in total. The van der Waals surface area contributed by atoms with E-state index >= 15 is 0 Å². The van der Waals surface area contributed by atoms with E-state index in [1.165, 1.54) is 35.1 Å². The van der Waals surface area contributed by atoms with Gasteiger partial charge in [-0.3, -0.25) is 10.2 Å². The van der Waals surface area contributed by atoms with Gasteiger partial charge in [0.25, 0.3) is 5.91 Å².